The third kappa shape index (κ3) is 5.71. The Morgan fingerprint density at radius 3 is 2.75 bits per heavy atom. The second kappa shape index (κ2) is 9.57. The zero-order valence-corrected chi connectivity index (χ0v) is 17.4. The van der Waals surface area contributed by atoms with E-state index in [2.05, 4.69) is 36.7 Å². The summed E-state index contributed by atoms with van der Waals surface area (Å²) in [5.74, 6) is 0.385. The minimum atomic E-state index is -0.737. The van der Waals surface area contributed by atoms with E-state index in [4.69, 9.17) is 5.41 Å². The average molecular weight is 388 g/mol. The molecular formula is C21H33N5O2. The summed E-state index contributed by atoms with van der Waals surface area (Å²) in [6.07, 6.45) is 3.84. The highest BCUT2D eigenvalue weighted by Crippen LogP contribution is 2.26. The number of carbonyl (C=O) groups is 2. The van der Waals surface area contributed by atoms with Crippen LogP contribution in [-0.2, 0) is 11.3 Å². The molecule has 3 amide bonds. The Morgan fingerprint density at radius 1 is 1.32 bits per heavy atom. The fraction of sp³-hybridized carbons (Fsp3) is 0.571. The fourth-order valence-corrected chi connectivity index (χ4v) is 3.57. The van der Waals surface area contributed by atoms with Crippen LogP contribution < -0.4 is 16.0 Å². The van der Waals surface area contributed by atoms with Crippen molar-refractivity contribution in [3.05, 3.63) is 29.8 Å². The SMILES string of the molecule is CCCCCNC(=O)Nc1cccc(CN2C(=N)NC(C)(CC(C)C)C2=O)c1. The van der Waals surface area contributed by atoms with Gasteiger partial charge in [-0.1, -0.05) is 45.7 Å². The van der Waals surface area contributed by atoms with Crippen LogP contribution in [0.15, 0.2) is 24.3 Å². The van der Waals surface area contributed by atoms with E-state index < -0.39 is 5.54 Å². The molecule has 1 aromatic carbocycles. The van der Waals surface area contributed by atoms with Crippen LogP contribution in [0.2, 0.25) is 0 Å². The maximum absolute atomic E-state index is 12.9. The number of hydrogen-bond donors (Lipinski definition) is 4. The first kappa shape index (κ1) is 21.7. The number of hydrogen-bond acceptors (Lipinski definition) is 3. The fourth-order valence-electron chi connectivity index (χ4n) is 3.57. The maximum Gasteiger partial charge on any atom is 0.319 e. The molecule has 0 aromatic heterocycles. The Hall–Kier alpha value is -2.57. The third-order valence-corrected chi connectivity index (χ3v) is 4.79. The van der Waals surface area contributed by atoms with Gasteiger partial charge in [-0.05, 0) is 43.4 Å². The molecule has 1 heterocycles. The van der Waals surface area contributed by atoms with Crippen molar-refractivity contribution in [1.82, 2.24) is 15.5 Å². The summed E-state index contributed by atoms with van der Waals surface area (Å²) in [6, 6.07) is 7.15. The highest BCUT2D eigenvalue weighted by Gasteiger charge is 2.45. The normalized spacial score (nSPS) is 19.1. The van der Waals surface area contributed by atoms with Gasteiger partial charge < -0.3 is 16.0 Å². The van der Waals surface area contributed by atoms with Gasteiger partial charge in [0, 0.05) is 12.2 Å². The van der Waals surface area contributed by atoms with E-state index in [0.29, 0.717) is 31.1 Å². The molecule has 0 bridgehead atoms. The summed E-state index contributed by atoms with van der Waals surface area (Å²) < 4.78 is 0. The molecule has 1 aliphatic heterocycles. The van der Waals surface area contributed by atoms with Crippen LogP contribution in [0.4, 0.5) is 10.5 Å². The van der Waals surface area contributed by atoms with Gasteiger partial charge in [-0.15, -0.1) is 0 Å². The summed E-state index contributed by atoms with van der Waals surface area (Å²) >= 11 is 0. The van der Waals surface area contributed by atoms with Crippen molar-refractivity contribution in [2.45, 2.75) is 65.5 Å². The molecule has 0 aliphatic carbocycles. The number of unbranched alkanes of at least 4 members (excludes halogenated alkanes) is 2. The maximum atomic E-state index is 12.9. The van der Waals surface area contributed by atoms with Gasteiger partial charge in [-0.3, -0.25) is 15.1 Å². The molecule has 1 saturated heterocycles. The molecule has 1 fully saturated rings. The lowest BCUT2D eigenvalue weighted by molar-refractivity contribution is -0.131. The minimum Gasteiger partial charge on any atom is -0.342 e. The molecule has 0 saturated carbocycles. The molecule has 4 N–H and O–H groups in total. The lowest BCUT2D eigenvalue weighted by atomic mass is 9.91. The number of benzene rings is 1. The molecule has 28 heavy (non-hydrogen) atoms. The molecule has 1 unspecified atom stereocenters. The van der Waals surface area contributed by atoms with E-state index in [1.54, 1.807) is 0 Å². The molecule has 2 rings (SSSR count). The number of urea groups is 1. The van der Waals surface area contributed by atoms with Crippen LogP contribution in [0.5, 0.6) is 0 Å². The minimum absolute atomic E-state index is 0.0850. The molecule has 1 aliphatic rings. The number of nitrogens with zero attached hydrogens (tertiary/aromatic N) is 1. The number of anilines is 1. The Kier molecular flexibility index (Phi) is 7.43. The van der Waals surface area contributed by atoms with Crippen LogP contribution in [0.25, 0.3) is 0 Å². The van der Waals surface area contributed by atoms with E-state index in [1.807, 2.05) is 31.2 Å². The first-order chi connectivity index (χ1) is 13.2. The molecular weight excluding hydrogens is 354 g/mol. The zero-order valence-electron chi connectivity index (χ0n) is 17.4. The van der Waals surface area contributed by atoms with Gasteiger partial charge in [-0.25, -0.2) is 4.79 Å². The molecule has 0 radical (unpaired) electrons. The number of rotatable bonds is 9. The lowest BCUT2D eigenvalue weighted by Crippen LogP contribution is -2.44. The van der Waals surface area contributed by atoms with Crippen LogP contribution in [0.1, 0.15) is 58.9 Å². The predicted octanol–water partition coefficient (Wildman–Crippen LogP) is 3.67. The van der Waals surface area contributed by atoms with Crippen LogP contribution in [0.3, 0.4) is 0 Å². The van der Waals surface area contributed by atoms with E-state index in [-0.39, 0.29) is 17.9 Å². The van der Waals surface area contributed by atoms with Crippen molar-refractivity contribution in [3.63, 3.8) is 0 Å². The van der Waals surface area contributed by atoms with Crippen molar-refractivity contribution in [3.8, 4) is 0 Å². The molecule has 1 aromatic rings. The van der Waals surface area contributed by atoms with Gasteiger partial charge in [0.2, 0.25) is 0 Å². The second-order valence-electron chi connectivity index (χ2n) is 8.08. The molecule has 1 atom stereocenters. The number of carbonyl (C=O) groups excluding carboxylic acids is 2. The molecule has 7 nitrogen and oxygen atoms in total. The van der Waals surface area contributed by atoms with Crippen LogP contribution in [-0.4, -0.2) is 34.9 Å². The smallest absolute Gasteiger partial charge is 0.319 e. The zero-order chi connectivity index (χ0) is 20.7. The van der Waals surface area contributed by atoms with Gasteiger partial charge in [0.25, 0.3) is 5.91 Å². The second-order valence-corrected chi connectivity index (χ2v) is 8.08. The topological polar surface area (TPSA) is 97.3 Å². The first-order valence-corrected chi connectivity index (χ1v) is 10.1. The standard InChI is InChI=1S/C21H33N5O2/c1-5-6-7-11-23-20(28)24-17-10-8-9-16(12-17)14-26-18(27)21(4,13-15(2)3)25-19(26)22/h8-10,12,15H,5-7,11,13-14H2,1-4H3,(H2,22,25)(H2,23,24,28). The number of nitrogens with one attached hydrogen (secondary N) is 4. The quantitative estimate of drug-likeness (QED) is 0.487. The van der Waals surface area contributed by atoms with Crippen LogP contribution in [0, 0.1) is 11.3 Å². The predicted molar refractivity (Wildman–Crippen MR) is 112 cm³/mol. The van der Waals surface area contributed by atoms with E-state index >= 15 is 0 Å². The largest absolute Gasteiger partial charge is 0.342 e. The Balaban J connectivity index is 1.98. The summed E-state index contributed by atoms with van der Waals surface area (Å²) in [5.41, 5.74) is 0.790. The monoisotopic (exact) mass is 387 g/mol. The van der Waals surface area contributed by atoms with Crippen molar-refractivity contribution in [2.24, 2.45) is 5.92 Å². The first-order valence-electron chi connectivity index (χ1n) is 10.1. The highest BCUT2D eigenvalue weighted by molar-refractivity contribution is 6.07. The van der Waals surface area contributed by atoms with Crippen molar-refractivity contribution < 1.29 is 9.59 Å². The summed E-state index contributed by atoms with van der Waals surface area (Å²) in [5, 5.41) is 16.9. The number of guanidine groups is 1. The summed E-state index contributed by atoms with van der Waals surface area (Å²) in [6.45, 7) is 9.05. The lowest BCUT2D eigenvalue weighted by Gasteiger charge is -2.24. The molecule has 7 heteroatoms. The van der Waals surface area contributed by atoms with Gasteiger partial charge in [0.1, 0.15) is 5.54 Å². The number of amides is 3. The van der Waals surface area contributed by atoms with Crippen molar-refractivity contribution >= 4 is 23.6 Å². The van der Waals surface area contributed by atoms with Gasteiger partial charge in [0.15, 0.2) is 5.96 Å². The van der Waals surface area contributed by atoms with Gasteiger partial charge in [-0.2, -0.15) is 0 Å². The summed E-state index contributed by atoms with van der Waals surface area (Å²) in [4.78, 5) is 26.3. The molecule has 0 spiro atoms. The van der Waals surface area contributed by atoms with E-state index in [9.17, 15) is 9.59 Å². The Morgan fingerprint density at radius 2 is 2.07 bits per heavy atom. The van der Waals surface area contributed by atoms with Crippen molar-refractivity contribution in [1.29, 1.82) is 5.41 Å². The van der Waals surface area contributed by atoms with Gasteiger partial charge in [0.05, 0.1) is 6.54 Å². The highest BCUT2D eigenvalue weighted by atomic mass is 16.2. The Labute approximate surface area is 167 Å². The molecule has 154 valence electrons. The van der Waals surface area contributed by atoms with E-state index in [0.717, 1.165) is 24.8 Å². The third-order valence-electron chi connectivity index (χ3n) is 4.79. The van der Waals surface area contributed by atoms with Crippen molar-refractivity contribution in [2.75, 3.05) is 11.9 Å². The van der Waals surface area contributed by atoms with Crippen LogP contribution >= 0.6 is 0 Å². The van der Waals surface area contributed by atoms with E-state index in [1.165, 1.54) is 4.90 Å². The average Bonchev–Trinajstić information content (AvgIpc) is 2.81. The Bertz CT molecular complexity index is 719. The summed E-state index contributed by atoms with van der Waals surface area (Å²) in [7, 11) is 0. The van der Waals surface area contributed by atoms with Gasteiger partial charge >= 0.3 is 6.03 Å².